The number of rotatable bonds is 7. The van der Waals surface area contributed by atoms with Crippen LogP contribution in [0.1, 0.15) is 43.3 Å². The molecular formula is C17H29N5O3. The highest BCUT2D eigenvalue weighted by Crippen LogP contribution is 2.36. The Labute approximate surface area is 148 Å². The van der Waals surface area contributed by atoms with Gasteiger partial charge in [-0.3, -0.25) is 4.79 Å². The predicted octanol–water partition coefficient (Wildman–Crippen LogP) is 0.121. The highest BCUT2D eigenvalue weighted by Gasteiger charge is 2.36. The van der Waals surface area contributed by atoms with Gasteiger partial charge >= 0.3 is 0 Å². The zero-order chi connectivity index (χ0) is 17.8. The van der Waals surface area contributed by atoms with Crippen molar-refractivity contribution in [1.29, 1.82) is 0 Å². The molecule has 1 saturated heterocycles. The van der Waals surface area contributed by atoms with Crippen LogP contribution >= 0.6 is 0 Å². The molecule has 1 amide bonds. The van der Waals surface area contributed by atoms with Gasteiger partial charge in [0.2, 0.25) is 5.91 Å². The summed E-state index contributed by atoms with van der Waals surface area (Å²) in [5, 5.41) is 20.9. The minimum atomic E-state index is -0.125. The highest BCUT2D eigenvalue weighted by atomic mass is 16.5. The number of nitrogens with zero attached hydrogens (tertiary/aromatic N) is 4. The normalized spacial score (nSPS) is 24.9. The van der Waals surface area contributed by atoms with Crippen molar-refractivity contribution in [1.82, 2.24) is 25.0 Å². The Bertz CT molecular complexity index is 577. The molecule has 1 aliphatic carbocycles. The first-order valence-corrected chi connectivity index (χ1v) is 9.13. The van der Waals surface area contributed by atoms with E-state index >= 15 is 0 Å². The molecule has 25 heavy (non-hydrogen) atoms. The molecule has 8 heteroatoms. The number of carbonyl (C=O) groups excluding carboxylic acids is 1. The fourth-order valence-electron chi connectivity index (χ4n) is 3.73. The van der Waals surface area contributed by atoms with Crippen LogP contribution in [-0.2, 0) is 22.7 Å². The Balaban J connectivity index is 1.51. The lowest BCUT2D eigenvalue weighted by Crippen LogP contribution is -2.48. The maximum Gasteiger partial charge on any atom is 0.223 e. The minimum absolute atomic E-state index is 0.125. The van der Waals surface area contributed by atoms with Gasteiger partial charge < -0.3 is 24.6 Å². The van der Waals surface area contributed by atoms with Gasteiger partial charge in [-0.15, -0.1) is 10.2 Å². The molecule has 0 radical (unpaired) electrons. The second kappa shape index (κ2) is 8.25. The summed E-state index contributed by atoms with van der Waals surface area (Å²) in [5.41, 5.74) is 0. The molecule has 0 unspecified atom stereocenters. The Hall–Kier alpha value is -1.51. The van der Waals surface area contributed by atoms with E-state index in [0.717, 1.165) is 44.6 Å². The third-order valence-corrected chi connectivity index (χ3v) is 5.46. The van der Waals surface area contributed by atoms with Gasteiger partial charge in [0.25, 0.3) is 0 Å². The summed E-state index contributed by atoms with van der Waals surface area (Å²) >= 11 is 0. The zero-order valence-electron chi connectivity index (χ0n) is 15.1. The molecule has 1 saturated carbocycles. The van der Waals surface area contributed by atoms with Crippen LogP contribution in [0.5, 0.6) is 0 Å². The molecule has 2 fully saturated rings. The Morgan fingerprint density at radius 2 is 2.04 bits per heavy atom. The van der Waals surface area contributed by atoms with Crippen LogP contribution in [0.15, 0.2) is 0 Å². The highest BCUT2D eigenvalue weighted by molar-refractivity contribution is 5.79. The number of aliphatic hydroxyl groups is 1. The van der Waals surface area contributed by atoms with Crippen LogP contribution in [0.4, 0.5) is 0 Å². The average molecular weight is 351 g/mol. The van der Waals surface area contributed by atoms with Crippen molar-refractivity contribution in [2.75, 3.05) is 33.9 Å². The van der Waals surface area contributed by atoms with Crippen molar-refractivity contribution in [3.05, 3.63) is 11.6 Å². The fraction of sp³-hybridized carbons (Fsp3) is 0.824. The number of aliphatic hydroxyl groups excluding tert-OH is 1. The fourth-order valence-corrected chi connectivity index (χ4v) is 3.73. The van der Waals surface area contributed by atoms with Crippen LogP contribution in [0.2, 0.25) is 0 Å². The van der Waals surface area contributed by atoms with Crippen LogP contribution in [-0.4, -0.2) is 70.6 Å². The maximum atomic E-state index is 12.4. The lowest BCUT2D eigenvalue weighted by Gasteiger charge is -2.37. The van der Waals surface area contributed by atoms with Gasteiger partial charge in [0.05, 0.1) is 6.61 Å². The smallest absolute Gasteiger partial charge is 0.223 e. The molecule has 1 aromatic heterocycles. The van der Waals surface area contributed by atoms with E-state index in [9.17, 15) is 9.90 Å². The second-order valence-corrected chi connectivity index (χ2v) is 7.23. The molecule has 0 atom stereocenters. The maximum absolute atomic E-state index is 12.4. The number of piperidine rings is 1. The molecule has 8 nitrogen and oxygen atoms in total. The van der Waals surface area contributed by atoms with E-state index in [4.69, 9.17) is 4.74 Å². The summed E-state index contributed by atoms with van der Waals surface area (Å²) < 4.78 is 7.08. The molecule has 0 spiro atoms. The number of likely N-dealkylation sites (tertiary alicyclic amines) is 1. The van der Waals surface area contributed by atoms with E-state index in [1.807, 2.05) is 4.57 Å². The number of aromatic nitrogens is 3. The quantitative estimate of drug-likeness (QED) is 0.725. The summed E-state index contributed by atoms with van der Waals surface area (Å²) in [6.07, 6.45) is 3.66. The van der Waals surface area contributed by atoms with Gasteiger partial charge in [-0.1, -0.05) is 0 Å². The SMILES string of the molecule is COCCn1c(CO)nnc1C1CC(NC(=O)C2CCN(C)CC2)C1. The standard InChI is InChI=1S/C17H29N5O3/c1-21-5-3-12(4-6-21)17(24)18-14-9-13(10-14)16-20-19-15(11-23)22(16)7-8-25-2/h12-14,23H,3-11H2,1-2H3,(H,18,24). The number of amides is 1. The topological polar surface area (TPSA) is 92.5 Å². The summed E-state index contributed by atoms with van der Waals surface area (Å²) in [6.45, 7) is 3.06. The Kier molecular flexibility index (Phi) is 6.03. The van der Waals surface area contributed by atoms with Crippen LogP contribution in [0.25, 0.3) is 0 Å². The number of ether oxygens (including phenoxy) is 1. The van der Waals surface area contributed by atoms with Gasteiger partial charge in [0.15, 0.2) is 5.82 Å². The largest absolute Gasteiger partial charge is 0.388 e. The molecule has 3 rings (SSSR count). The van der Waals surface area contributed by atoms with Crippen molar-refractivity contribution in [3.8, 4) is 0 Å². The van der Waals surface area contributed by atoms with Crippen molar-refractivity contribution in [3.63, 3.8) is 0 Å². The third kappa shape index (κ3) is 4.19. The first kappa shape index (κ1) is 18.3. The average Bonchev–Trinajstić information content (AvgIpc) is 2.98. The van der Waals surface area contributed by atoms with Gasteiger partial charge in [0.1, 0.15) is 12.4 Å². The third-order valence-electron chi connectivity index (χ3n) is 5.46. The van der Waals surface area contributed by atoms with Gasteiger partial charge in [-0.05, 0) is 45.8 Å². The number of carbonyl (C=O) groups is 1. The van der Waals surface area contributed by atoms with E-state index in [1.54, 1.807) is 7.11 Å². The molecule has 2 heterocycles. The zero-order valence-corrected chi connectivity index (χ0v) is 15.1. The lowest BCUT2D eigenvalue weighted by atomic mass is 9.79. The van der Waals surface area contributed by atoms with Crippen LogP contribution in [0.3, 0.4) is 0 Å². The summed E-state index contributed by atoms with van der Waals surface area (Å²) in [6, 6.07) is 0.224. The van der Waals surface area contributed by atoms with Crippen molar-refractivity contribution in [2.24, 2.45) is 5.92 Å². The van der Waals surface area contributed by atoms with E-state index in [1.165, 1.54) is 0 Å². The van der Waals surface area contributed by atoms with E-state index < -0.39 is 0 Å². The summed E-state index contributed by atoms with van der Waals surface area (Å²) in [5.74, 6) is 2.11. The Morgan fingerprint density at radius 1 is 1.32 bits per heavy atom. The molecule has 1 aliphatic heterocycles. The molecule has 2 N–H and O–H groups in total. The molecular weight excluding hydrogens is 322 g/mol. The van der Waals surface area contributed by atoms with Crippen LogP contribution in [0, 0.1) is 5.92 Å². The second-order valence-electron chi connectivity index (χ2n) is 7.23. The number of methoxy groups -OCH3 is 1. The lowest BCUT2D eigenvalue weighted by molar-refractivity contribution is -0.127. The summed E-state index contributed by atoms with van der Waals surface area (Å²) in [7, 11) is 3.76. The van der Waals surface area contributed by atoms with E-state index in [2.05, 4.69) is 27.5 Å². The van der Waals surface area contributed by atoms with Crippen molar-refractivity contribution >= 4 is 5.91 Å². The first-order valence-electron chi connectivity index (χ1n) is 9.13. The first-order chi connectivity index (χ1) is 12.1. The Morgan fingerprint density at radius 3 is 2.68 bits per heavy atom. The van der Waals surface area contributed by atoms with E-state index in [-0.39, 0.29) is 30.4 Å². The van der Waals surface area contributed by atoms with Gasteiger partial charge in [0, 0.05) is 31.5 Å². The van der Waals surface area contributed by atoms with E-state index in [0.29, 0.717) is 19.0 Å². The minimum Gasteiger partial charge on any atom is -0.388 e. The number of hydrogen-bond donors (Lipinski definition) is 2. The van der Waals surface area contributed by atoms with Gasteiger partial charge in [-0.25, -0.2) is 0 Å². The summed E-state index contributed by atoms with van der Waals surface area (Å²) in [4.78, 5) is 14.7. The number of nitrogens with one attached hydrogen (secondary N) is 1. The van der Waals surface area contributed by atoms with Crippen LogP contribution < -0.4 is 5.32 Å². The number of hydrogen-bond acceptors (Lipinski definition) is 6. The predicted molar refractivity (Wildman–Crippen MR) is 91.9 cm³/mol. The van der Waals surface area contributed by atoms with Crippen molar-refractivity contribution < 1.29 is 14.6 Å². The molecule has 0 bridgehead atoms. The van der Waals surface area contributed by atoms with Crippen molar-refractivity contribution in [2.45, 2.75) is 50.8 Å². The molecule has 0 aromatic carbocycles. The monoisotopic (exact) mass is 351 g/mol. The van der Waals surface area contributed by atoms with Gasteiger partial charge in [-0.2, -0.15) is 0 Å². The molecule has 2 aliphatic rings. The molecule has 140 valence electrons. The molecule has 1 aromatic rings.